The SMILES string of the molecule is CCCCSC1=NC2C(C(=O)NC(=O)N2C)N1CCC. The average molecular weight is 298 g/mol. The smallest absolute Gasteiger partial charge is 0.325 e. The van der Waals surface area contributed by atoms with Gasteiger partial charge in [0, 0.05) is 19.3 Å². The van der Waals surface area contributed by atoms with Gasteiger partial charge >= 0.3 is 6.03 Å². The number of urea groups is 1. The Morgan fingerprint density at radius 3 is 2.70 bits per heavy atom. The fourth-order valence-corrected chi connectivity index (χ4v) is 3.57. The van der Waals surface area contributed by atoms with Crippen molar-refractivity contribution in [3.63, 3.8) is 0 Å². The molecule has 0 saturated carbocycles. The number of unbranched alkanes of at least 4 members (excludes halogenated alkanes) is 1. The van der Waals surface area contributed by atoms with Crippen molar-refractivity contribution in [3.05, 3.63) is 0 Å². The van der Waals surface area contributed by atoms with Crippen molar-refractivity contribution >= 4 is 28.9 Å². The molecule has 1 fully saturated rings. The Labute approximate surface area is 124 Å². The Kier molecular flexibility index (Phi) is 4.91. The predicted octanol–water partition coefficient (Wildman–Crippen LogP) is 1.48. The molecule has 0 bridgehead atoms. The van der Waals surface area contributed by atoms with Crippen molar-refractivity contribution in [1.29, 1.82) is 0 Å². The van der Waals surface area contributed by atoms with E-state index < -0.39 is 0 Å². The van der Waals surface area contributed by atoms with Crippen LogP contribution in [0.2, 0.25) is 0 Å². The monoisotopic (exact) mass is 298 g/mol. The van der Waals surface area contributed by atoms with Gasteiger partial charge in [0.2, 0.25) is 0 Å². The molecule has 2 aliphatic heterocycles. The van der Waals surface area contributed by atoms with Crippen LogP contribution in [0.1, 0.15) is 33.1 Å². The number of hydrogen-bond donors (Lipinski definition) is 1. The summed E-state index contributed by atoms with van der Waals surface area (Å²) in [4.78, 5) is 32.0. The van der Waals surface area contributed by atoms with E-state index in [1.54, 1.807) is 18.8 Å². The number of carbonyl (C=O) groups excluding carboxylic acids is 2. The van der Waals surface area contributed by atoms with E-state index in [0.29, 0.717) is 0 Å². The van der Waals surface area contributed by atoms with Crippen LogP contribution >= 0.6 is 11.8 Å². The van der Waals surface area contributed by atoms with Crippen LogP contribution < -0.4 is 5.32 Å². The van der Waals surface area contributed by atoms with E-state index >= 15 is 0 Å². The van der Waals surface area contributed by atoms with Crippen LogP contribution in [0.15, 0.2) is 4.99 Å². The molecule has 0 radical (unpaired) electrons. The summed E-state index contributed by atoms with van der Waals surface area (Å²) in [5, 5.41) is 3.30. The number of rotatable bonds is 5. The van der Waals surface area contributed by atoms with E-state index in [2.05, 4.69) is 24.2 Å². The van der Waals surface area contributed by atoms with Crippen LogP contribution in [0.5, 0.6) is 0 Å². The van der Waals surface area contributed by atoms with Crippen molar-refractivity contribution in [3.8, 4) is 0 Å². The number of thioether (sulfide) groups is 1. The zero-order valence-corrected chi connectivity index (χ0v) is 13.1. The molecular weight excluding hydrogens is 276 g/mol. The maximum atomic E-state index is 12.1. The summed E-state index contributed by atoms with van der Waals surface area (Å²) in [6, 6.07) is -0.738. The van der Waals surface area contributed by atoms with Gasteiger partial charge in [-0.15, -0.1) is 0 Å². The highest BCUT2D eigenvalue weighted by atomic mass is 32.2. The molecule has 3 amide bonds. The fraction of sp³-hybridized carbons (Fsp3) is 0.769. The van der Waals surface area contributed by atoms with Crippen LogP contribution in [-0.4, -0.2) is 58.5 Å². The molecule has 0 aromatic rings. The summed E-state index contributed by atoms with van der Waals surface area (Å²) in [6.45, 7) is 5.02. The second kappa shape index (κ2) is 6.47. The van der Waals surface area contributed by atoms with Crippen molar-refractivity contribution in [2.75, 3.05) is 19.3 Å². The minimum atomic E-state index is -0.382. The predicted molar refractivity (Wildman–Crippen MR) is 80.7 cm³/mol. The first-order chi connectivity index (χ1) is 9.60. The normalized spacial score (nSPS) is 25.6. The molecule has 0 aromatic heterocycles. The Morgan fingerprint density at radius 1 is 1.30 bits per heavy atom. The van der Waals surface area contributed by atoms with E-state index in [1.165, 1.54) is 4.90 Å². The second-order valence-corrected chi connectivity index (χ2v) is 6.13. The minimum absolute atomic E-state index is 0.235. The molecule has 2 unspecified atom stereocenters. The third-order valence-corrected chi connectivity index (χ3v) is 4.61. The molecule has 6 nitrogen and oxygen atoms in total. The summed E-state index contributed by atoms with van der Waals surface area (Å²) in [6.07, 6.45) is 2.83. The summed E-state index contributed by atoms with van der Waals surface area (Å²) in [5.41, 5.74) is 0. The standard InChI is InChI=1S/C13H22N4O2S/c1-4-6-8-20-13-14-10-9(17(13)7-5-2)11(18)15-12(19)16(10)3/h9-10H,4-8H2,1-3H3,(H,15,18,19). The summed E-state index contributed by atoms with van der Waals surface area (Å²) >= 11 is 1.69. The van der Waals surface area contributed by atoms with E-state index in [-0.39, 0.29) is 24.1 Å². The molecule has 2 aliphatic rings. The highest BCUT2D eigenvalue weighted by Crippen LogP contribution is 2.28. The van der Waals surface area contributed by atoms with Crippen molar-refractivity contribution < 1.29 is 9.59 Å². The van der Waals surface area contributed by atoms with Crippen molar-refractivity contribution in [1.82, 2.24) is 15.1 Å². The Bertz CT molecular complexity index is 427. The molecule has 0 aromatic carbocycles. The fourth-order valence-electron chi connectivity index (χ4n) is 2.40. The van der Waals surface area contributed by atoms with Gasteiger partial charge < -0.3 is 9.80 Å². The quantitative estimate of drug-likeness (QED) is 0.781. The van der Waals surface area contributed by atoms with Gasteiger partial charge in [-0.3, -0.25) is 10.1 Å². The highest BCUT2D eigenvalue weighted by Gasteiger charge is 2.48. The molecule has 1 saturated heterocycles. The number of imide groups is 1. The average Bonchev–Trinajstić information content (AvgIpc) is 2.77. The summed E-state index contributed by atoms with van der Waals surface area (Å²) in [5.74, 6) is 0.759. The van der Waals surface area contributed by atoms with Gasteiger partial charge in [-0.2, -0.15) is 0 Å². The lowest BCUT2D eigenvalue weighted by molar-refractivity contribution is -0.127. The van der Waals surface area contributed by atoms with Gasteiger partial charge in [-0.1, -0.05) is 32.0 Å². The maximum absolute atomic E-state index is 12.1. The van der Waals surface area contributed by atoms with Gasteiger partial charge in [-0.25, -0.2) is 9.79 Å². The Morgan fingerprint density at radius 2 is 2.05 bits per heavy atom. The lowest BCUT2D eigenvalue weighted by Crippen LogP contribution is -2.63. The number of amidine groups is 1. The third kappa shape index (κ3) is 2.77. The molecule has 1 N–H and O–H groups in total. The molecular formula is C13H22N4O2S. The van der Waals surface area contributed by atoms with Crippen LogP contribution in [0, 0.1) is 0 Å². The van der Waals surface area contributed by atoms with E-state index in [0.717, 1.165) is 36.7 Å². The highest BCUT2D eigenvalue weighted by molar-refractivity contribution is 8.13. The van der Waals surface area contributed by atoms with Gasteiger partial charge in [0.1, 0.15) is 0 Å². The Balaban J connectivity index is 2.17. The van der Waals surface area contributed by atoms with E-state index in [4.69, 9.17) is 0 Å². The number of aliphatic imine (C=N–C) groups is 1. The van der Waals surface area contributed by atoms with Crippen LogP contribution in [0.25, 0.3) is 0 Å². The summed E-state index contributed by atoms with van der Waals surface area (Å²) in [7, 11) is 1.69. The first-order valence-corrected chi connectivity index (χ1v) is 8.13. The largest absolute Gasteiger partial charge is 0.336 e. The first kappa shape index (κ1) is 15.2. The molecule has 2 heterocycles. The van der Waals surface area contributed by atoms with Crippen LogP contribution in [0.4, 0.5) is 4.79 Å². The lowest BCUT2D eigenvalue weighted by atomic mass is 10.1. The minimum Gasteiger partial charge on any atom is -0.336 e. The molecule has 7 heteroatoms. The molecule has 2 atom stereocenters. The maximum Gasteiger partial charge on any atom is 0.325 e. The van der Waals surface area contributed by atoms with E-state index in [9.17, 15) is 9.59 Å². The number of fused-ring (bicyclic) bond motifs is 1. The van der Waals surface area contributed by atoms with Gasteiger partial charge in [0.05, 0.1) is 0 Å². The molecule has 0 aliphatic carbocycles. The topological polar surface area (TPSA) is 65.0 Å². The molecule has 0 spiro atoms. The van der Waals surface area contributed by atoms with Gasteiger partial charge in [-0.05, 0) is 12.8 Å². The van der Waals surface area contributed by atoms with Gasteiger partial charge in [0.15, 0.2) is 17.4 Å². The summed E-state index contributed by atoms with van der Waals surface area (Å²) < 4.78 is 0. The lowest BCUT2D eigenvalue weighted by Gasteiger charge is -2.36. The van der Waals surface area contributed by atoms with Crippen molar-refractivity contribution in [2.24, 2.45) is 4.99 Å². The number of hydrogen-bond acceptors (Lipinski definition) is 5. The number of nitrogens with zero attached hydrogens (tertiary/aromatic N) is 3. The van der Waals surface area contributed by atoms with Crippen LogP contribution in [0.3, 0.4) is 0 Å². The molecule has 112 valence electrons. The van der Waals surface area contributed by atoms with Gasteiger partial charge in [0.25, 0.3) is 5.91 Å². The third-order valence-electron chi connectivity index (χ3n) is 3.52. The molecule has 2 rings (SSSR count). The zero-order valence-electron chi connectivity index (χ0n) is 12.3. The number of likely N-dealkylation sites (N-methyl/N-ethyl adjacent to an activating group) is 1. The van der Waals surface area contributed by atoms with E-state index in [1.807, 2.05) is 4.90 Å². The van der Waals surface area contributed by atoms with Crippen LogP contribution in [-0.2, 0) is 4.79 Å². The Hall–Kier alpha value is -1.24. The molecule has 20 heavy (non-hydrogen) atoms. The zero-order chi connectivity index (χ0) is 14.7. The second-order valence-electron chi connectivity index (χ2n) is 5.07. The number of amides is 3. The first-order valence-electron chi connectivity index (χ1n) is 7.15. The van der Waals surface area contributed by atoms with Crippen molar-refractivity contribution in [2.45, 2.75) is 45.3 Å². The number of nitrogens with one attached hydrogen (secondary N) is 1. The number of carbonyl (C=O) groups is 2.